The SMILES string of the molecule is COC1CCCC(CCC(=O)O)C1. The van der Waals surface area contributed by atoms with Crippen LogP contribution in [0.5, 0.6) is 0 Å². The first-order valence-corrected chi connectivity index (χ1v) is 4.97. The Bertz CT molecular complexity index is 168. The van der Waals surface area contributed by atoms with E-state index in [-0.39, 0.29) is 0 Å². The van der Waals surface area contributed by atoms with Crippen LogP contribution in [0.2, 0.25) is 0 Å². The highest BCUT2D eigenvalue weighted by molar-refractivity contribution is 5.66. The predicted octanol–water partition coefficient (Wildman–Crippen LogP) is 2.06. The first-order valence-electron chi connectivity index (χ1n) is 4.97. The van der Waals surface area contributed by atoms with Gasteiger partial charge in [-0.05, 0) is 25.2 Å². The molecule has 1 N–H and O–H groups in total. The van der Waals surface area contributed by atoms with Crippen molar-refractivity contribution in [3.8, 4) is 0 Å². The summed E-state index contributed by atoms with van der Waals surface area (Å²) in [5, 5.41) is 8.54. The van der Waals surface area contributed by atoms with Gasteiger partial charge >= 0.3 is 5.97 Å². The Morgan fingerprint density at radius 3 is 2.92 bits per heavy atom. The van der Waals surface area contributed by atoms with E-state index in [1.54, 1.807) is 7.11 Å². The molecule has 2 atom stereocenters. The van der Waals surface area contributed by atoms with Gasteiger partial charge in [0.25, 0.3) is 0 Å². The Morgan fingerprint density at radius 1 is 1.54 bits per heavy atom. The second-order valence-corrected chi connectivity index (χ2v) is 3.82. The summed E-state index contributed by atoms with van der Waals surface area (Å²) in [6.45, 7) is 0. The molecule has 2 unspecified atom stereocenters. The maximum atomic E-state index is 10.4. The highest BCUT2D eigenvalue weighted by Crippen LogP contribution is 2.29. The van der Waals surface area contributed by atoms with Crippen molar-refractivity contribution in [1.82, 2.24) is 0 Å². The average molecular weight is 186 g/mol. The lowest BCUT2D eigenvalue weighted by Crippen LogP contribution is -2.22. The zero-order chi connectivity index (χ0) is 9.68. The van der Waals surface area contributed by atoms with Gasteiger partial charge in [-0.1, -0.05) is 12.8 Å². The zero-order valence-electron chi connectivity index (χ0n) is 8.16. The number of carboxylic acid groups (broad SMARTS) is 1. The van der Waals surface area contributed by atoms with Gasteiger partial charge < -0.3 is 9.84 Å². The molecule has 0 aromatic heterocycles. The van der Waals surface area contributed by atoms with E-state index in [4.69, 9.17) is 9.84 Å². The van der Waals surface area contributed by atoms with Crippen LogP contribution in [0, 0.1) is 5.92 Å². The summed E-state index contributed by atoms with van der Waals surface area (Å²) in [7, 11) is 1.74. The molecule has 1 aliphatic rings. The Balaban J connectivity index is 2.21. The minimum atomic E-state index is -0.681. The molecule has 1 aliphatic carbocycles. The molecule has 0 amide bonds. The molecule has 76 valence electrons. The van der Waals surface area contributed by atoms with E-state index in [9.17, 15) is 4.79 Å². The van der Waals surface area contributed by atoms with Gasteiger partial charge in [0, 0.05) is 13.5 Å². The van der Waals surface area contributed by atoms with Crippen molar-refractivity contribution in [2.75, 3.05) is 7.11 Å². The van der Waals surface area contributed by atoms with Gasteiger partial charge in [0.2, 0.25) is 0 Å². The summed E-state index contributed by atoms with van der Waals surface area (Å²) in [4.78, 5) is 10.4. The number of methoxy groups -OCH3 is 1. The van der Waals surface area contributed by atoms with E-state index in [1.165, 1.54) is 12.8 Å². The molecule has 1 fully saturated rings. The summed E-state index contributed by atoms with van der Waals surface area (Å²) < 4.78 is 5.28. The van der Waals surface area contributed by atoms with Gasteiger partial charge in [-0.15, -0.1) is 0 Å². The standard InChI is InChI=1S/C10H18O3/c1-13-9-4-2-3-8(7-9)5-6-10(11)12/h8-9H,2-7H2,1H3,(H,11,12). The monoisotopic (exact) mass is 186 g/mol. The fourth-order valence-corrected chi connectivity index (χ4v) is 2.05. The normalized spacial score (nSPS) is 28.7. The molecule has 0 saturated heterocycles. The van der Waals surface area contributed by atoms with E-state index in [2.05, 4.69) is 0 Å². The largest absolute Gasteiger partial charge is 0.481 e. The minimum Gasteiger partial charge on any atom is -0.481 e. The van der Waals surface area contributed by atoms with Crippen molar-refractivity contribution in [2.24, 2.45) is 5.92 Å². The van der Waals surface area contributed by atoms with E-state index in [0.29, 0.717) is 18.4 Å². The van der Waals surface area contributed by atoms with Gasteiger partial charge in [0.1, 0.15) is 0 Å². The Hall–Kier alpha value is -0.570. The summed E-state index contributed by atoms with van der Waals surface area (Å²) in [5.74, 6) is -0.116. The van der Waals surface area contributed by atoms with Gasteiger partial charge in [0.05, 0.1) is 6.10 Å². The van der Waals surface area contributed by atoms with Crippen molar-refractivity contribution >= 4 is 5.97 Å². The summed E-state index contributed by atoms with van der Waals surface area (Å²) in [6.07, 6.45) is 6.03. The number of carboxylic acids is 1. The van der Waals surface area contributed by atoms with Crippen molar-refractivity contribution < 1.29 is 14.6 Å². The Kier molecular flexibility index (Phi) is 4.22. The lowest BCUT2D eigenvalue weighted by atomic mass is 9.84. The fourth-order valence-electron chi connectivity index (χ4n) is 2.05. The molecule has 3 nitrogen and oxygen atoms in total. The quantitative estimate of drug-likeness (QED) is 0.731. The number of hydrogen-bond donors (Lipinski definition) is 1. The zero-order valence-corrected chi connectivity index (χ0v) is 8.16. The third-order valence-corrected chi connectivity index (χ3v) is 2.83. The molecule has 0 aromatic carbocycles. The van der Waals surface area contributed by atoms with Crippen molar-refractivity contribution in [3.05, 3.63) is 0 Å². The molecule has 0 aromatic rings. The molecule has 0 spiro atoms. The molecule has 1 saturated carbocycles. The number of ether oxygens (including phenoxy) is 1. The van der Waals surface area contributed by atoms with Crippen LogP contribution in [0.4, 0.5) is 0 Å². The maximum Gasteiger partial charge on any atom is 0.303 e. The average Bonchev–Trinajstić information content (AvgIpc) is 2.15. The topological polar surface area (TPSA) is 46.5 Å². The summed E-state index contributed by atoms with van der Waals surface area (Å²) >= 11 is 0. The van der Waals surface area contributed by atoms with E-state index < -0.39 is 5.97 Å². The Labute approximate surface area is 79.1 Å². The van der Waals surface area contributed by atoms with Crippen LogP contribution in [0.25, 0.3) is 0 Å². The molecule has 0 bridgehead atoms. The fraction of sp³-hybridized carbons (Fsp3) is 0.900. The van der Waals surface area contributed by atoms with Gasteiger partial charge in [-0.3, -0.25) is 4.79 Å². The molecule has 3 heteroatoms. The molecule has 1 rings (SSSR count). The van der Waals surface area contributed by atoms with Crippen LogP contribution in [0.15, 0.2) is 0 Å². The first-order chi connectivity index (χ1) is 6.22. The number of rotatable bonds is 4. The molecule has 13 heavy (non-hydrogen) atoms. The van der Waals surface area contributed by atoms with Gasteiger partial charge in [0.15, 0.2) is 0 Å². The Morgan fingerprint density at radius 2 is 2.31 bits per heavy atom. The second-order valence-electron chi connectivity index (χ2n) is 3.82. The van der Waals surface area contributed by atoms with Crippen molar-refractivity contribution in [1.29, 1.82) is 0 Å². The molecule has 0 aliphatic heterocycles. The van der Waals surface area contributed by atoms with E-state index >= 15 is 0 Å². The molecule has 0 heterocycles. The van der Waals surface area contributed by atoms with Crippen LogP contribution in [-0.4, -0.2) is 24.3 Å². The van der Waals surface area contributed by atoms with Crippen molar-refractivity contribution in [2.45, 2.75) is 44.6 Å². The highest BCUT2D eigenvalue weighted by atomic mass is 16.5. The number of hydrogen-bond acceptors (Lipinski definition) is 2. The predicted molar refractivity (Wildman–Crippen MR) is 49.6 cm³/mol. The van der Waals surface area contributed by atoms with E-state index in [0.717, 1.165) is 19.3 Å². The maximum absolute atomic E-state index is 10.4. The third-order valence-electron chi connectivity index (χ3n) is 2.83. The molecular weight excluding hydrogens is 168 g/mol. The molecule has 0 radical (unpaired) electrons. The van der Waals surface area contributed by atoms with Crippen LogP contribution >= 0.6 is 0 Å². The minimum absolute atomic E-state index is 0.307. The van der Waals surface area contributed by atoms with Crippen molar-refractivity contribution in [3.63, 3.8) is 0 Å². The third kappa shape index (κ3) is 3.77. The molecular formula is C10H18O3. The van der Waals surface area contributed by atoms with Gasteiger partial charge in [-0.25, -0.2) is 0 Å². The van der Waals surface area contributed by atoms with Crippen LogP contribution in [0.3, 0.4) is 0 Å². The van der Waals surface area contributed by atoms with Crippen LogP contribution in [-0.2, 0) is 9.53 Å². The lowest BCUT2D eigenvalue weighted by molar-refractivity contribution is -0.137. The van der Waals surface area contributed by atoms with Crippen LogP contribution in [0.1, 0.15) is 38.5 Å². The second kappa shape index (κ2) is 5.22. The summed E-state index contributed by atoms with van der Waals surface area (Å²) in [6, 6.07) is 0. The lowest BCUT2D eigenvalue weighted by Gasteiger charge is -2.27. The van der Waals surface area contributed by atoms with Crippen LogP contribution < -0.4 is 0 Å². The number of aliphatic carboxylic acids is 1. The first kappa shape index (κ1) is 10.5. The van der Waals surface area contributed by atoms with Gasteiger partial charge in [-0.2, -0.15) is 0 Å². The van der Waals surface area contributed by atoms with E-state index in [1.807, 2.05) is 0 Å². The highest BCUT2D eigenvalue weighted by Gasteiger charge is 2.21. The smallest absolute Gasteiger partial charge is 0.303 e. The number of carbonyl (C=O) groups is 1. The summed E-state index contributed by atoms with van der Waals surface area (Å²) in [5.41, 5.74) is 0.